The van der Waals surface area contributed by atoms with Crippen molar-refractivity contribution in [2.45, 2.75) is 51.8 Å². The highest BCUT2D eigenvalue weighted by molar-refractivity contribution is 5.95. The first-order chi connectivity index (χ1) is 16.3. The van der Waals surface area contributed by atoms with Gasteiger partial charge in [-0.15, -0.1) is 0 Å². The lowest BCUT2D eigenvalue weighted by molar-refractivity contribution is -0.144. The second kappa shape index (κ2) is 12.9. The molecule has 0 radical (unpaired) electrons. The molecule has 12 nitrogen and oxygen atoms in total. The Morgan fingerprint density at radius 3 is 2.31 bits per heavy atom. The Morgan fingerprint density at radius 1 is 1.17 bits per heavy atom. The fourth-order valence-electron chi connectivity index (χ4n) is 3.10. The van der Waals surface area contributed by atoms with Crippen LogP contribution in [-0.4, -0.2) is 66.5 Å². The Labute approximate surface area is 203 Å². The van der Waals surface area contributed by atoms with Gasteiger partial charge in [-0.3, -0.25) is 19.2 Å². The lowest BCUT2D eigenvalue weighted by Crippen LogP contribution is -2.54. The second-order valence-electron chi connectivity index (χ2n) is 8.55. The van der Waals surface area contributed by atoms with E-state index < -0.39 is 67.0 Å². The van der Waals surface area contributed by atoms with E-state index in [9.17, 15) is 29.2 Å². The molecule has 0 bridgehead atoms. The number of nitriles is 1. The number of nitrogens with zero attached hydrogens (tertiary/aromatic N) is 2. The maximum Gasteiger partial charge on any atom is 0.408 e. The normalized spacial score (nSPS) is 12.3. The summed E-state index contributed by atoms with van der Waals surface area (Å²) in [5, 5.41) is 14.1. The van der Waals surface area contributed by atoms with E-state index in [2.05, 4.69) is 15.4 Å². The van der Waals surface area contributed by atoms with Gasteiger partial charge in [-0.25, -0.2) is 4.79 Å². The summed E-state index contributed by atoms with van der Waals surface area (Å²) < 4.78 is 9.69. The first-order valence-electron chi connectivity index (χ1n) is 10.7. The van der Waals surface area contributed by atoms with Crippen LogP contribution < -0.4 is 16.4 Å². The third-order valence-electron chi connectivity index (χ3n) is 4.60. The molecular formula is C23H31N5O7. The van der Waals surface area contributed by atoms with Crippen molar-refractivity contribution in [1.82, 2.24) is 15.5 Å². The Morgan fingerprint density at radius 2 is 1.80 bits per heavy atom. The Bertz CT molecular complexity index is 997. The van der Waals surface area contributed by atoms with Crippen molar-refractivity contribution in [3.63, 3.8) is 0 Å². The predicted molar refractivity (Wildman–Crippen MR) is 123 cm³/mol. The van der Waals surface area contributed by atoms with Gasteiger partial charge >= 0.3 is 12.1 Å². The highest BCUT2D eigenvalue weighted by Gasteiger charge is 2.37. The van der Waals surface area contributed by atoms with Gasteiger partial charge in [-0.1, -0.05) is 24.3 Å². The molecule has 1 aromatic carbocycles. The number of nitrogens with two attached hydrogens (primary N) is 1. The fraction of sp³-hybridized carbons (Fsp3) is 0.478. The number of carbonyl (C=O) groups excluding carboxylic acids is 5. The molecule has 0 fully saturated rings. The molecule has 35 heavy (non-hydrogen) atoms. The van der Waals surface area contributed by atoms with Crippen LogP contribution in [0, 0.1) is 18.3 Å². The van der Waals surface area contributed by atoms with Crippen molar-refractivity contribution >= 4 is 29.8 Å². The van der Waals surface area contributed by atoms with Gasteiger partial charge in [0.25, 0.3) is 0 Å². The summed E-state index contributed by atoms with van der Waals surface area (Å²) in [4.78, 5) is 63.1. The number of ether oxygens (including phenoxy) is 2. The van der Waals surface area contributed by atoms with Crippen LogP contribution in [0.2, 0.25) is 0 Å². The van der Waals surface area contributed by atoms with Gasteiger partial charge in [0.05, 0.1) is 19.6 Å². The molecule has 0 saturated heterocycles. The second-order valence-corrected chi connectivity index (χ2v) is 8.55. The molecule has 0 heterocycles. The van der Waals surface area contributed by atoms with E-state index in [1.165, 1.54) is 0 Å². The number of rotatable bonds is 10. The first kappa shape index (κ1) is 28.9. The van der Waals surface area contributed by atoms with Crippen LogP contribution >= 0.6 is 0 Å². The minimum Gasteiger partial charge on any atom is -0.468 e. The van der Waals surface area contributed by atoms with Crippen molar-refractivity contribution in [3.8, 4) is 6.07 Å². The van der Waals surface area contributed by atoms with Crippen LogP contribution in [0.25, 0.3) is 0 Å². The zero-order valence-electron chi connectivity index (χ0n) is 20.4. The van der Waals surface area contributed by atoms with Gasteiger partial charge in [-0.2, -0.15) is 5.26 Å². The number of hydrogen-bond acceptors (Lipinski definition) is 8. The van der Waals surface area contributed by atoms with Gasteiger partial charge in [0.1, 0.15) is 30.8 Å². The zero-order chi connectivity index (χ0) is 26.8. The van der Waals surface area contributed by atoms with E-state index in [4.69, 9.17) is 10.5 Å². The third kappa shape index (κ3) is 9.32. The molecule has 0 spiro atoms. The number of aryl methyl sites for hydroxylation is 1. The number of hydrogen-bond donors (Lipinski definition) is 3. The van der Waals surface area contributed by atoms with E-state index in [1.54, 1.807) is 52.0 Å². The van der Waals surface area contributed by atoms with E-state index in [0.717, 1.165) is 12.0 Å². The smallest absolute Gasteiger partial charge is 0.408 e. The lowest BCUT2D eigenvalue weighted by atomic mass is 9.98. The molecule has 0 saturated carbocycles. The highest BCUT2D eigenvalue weighted by Crippen LogP contribution is 2.25. The molecular weight excluding hydrogens is 458 g/mol. The number of carbonyl (C=O) groups is 5. The van der Waals surface area contributed by atoms with Crippen LogP contribution in [0.15, 0.2) is 24.3 Å². The SMILES string of the molecule is COC(=O)CNC(=O)C(c1ccccc1C)N(CC#N)C(=O)C(CC(N)=O)NC(=O)OC(C)(C)C. The first-order valence-corrected chi connectivity index (χ1v) is 10.7. The minimum absolute atomic E-state index is 0.369. The Kier molecular flexibility index (Phi) is 10.7. The molecule has 0 aromatic heterocycles. The molecule has 1 aromatic rings. The van der Waals surface area contributed by atoms with Crippen LogP contribution in [0.4, 0.5) is 4.79 Å². The highest BCUT2D eigenvalue weighted by atomic mass is 16.6. The molecule has 2 atom stereocenters. The summed E-state index contributed by atoms with van der Waals surface area (Å²) in [6.45, 7) is 5.48. The fourth-order valence-corrected chi connectivity index (χ4v) is 3.10. The number of amides is 4. The van der Waals surface area contributed by atoms with E-state index in [0.29, 0.717) is 11.1 Å². The van der Waals surface area contributed by atoms with Gasteiger partial charge in [0.2, 0.25) is 17.7 Å². The molecule has 0 aliphatic heterocycles. The molecule has 2 unspecified atom stereocenters. The molecule has 0 aliphatic carbocycles. The van der Waals surface area contributed by atoms with Crippen LogP contribution in [0.5, 0.6) is 0 Å². The minimum atomic E-state index is -1.52. The van der Waals surface area contributed by atoms with Gasteiger partial charge in [-0.05, 0) is 38.8 Å². The maximum atomic E-state index is 13.5. The predicted octanol–water partition coefficient (Wildman–Crippen LogP) is 0.446. The van der Waals surface area contributed by atoms with Crippen molar-refractivity contribution in [3.05, 3.63) is 35.4 Å². The van der Waals surface area contributed by atoms with E-state index in [-0.39, 0.29) is 0 Å². The summed E-state index contributed by atoms with van der Waals surface area (Å²) >= 11 is 0. The van der Waals surface area contributed by atoms with Crippen molar-refractivity contribution in [2.75, 3.05) is 20.2 Å². The average Bonchev–Trinajstić information content (AvgIpc) is 2.75. The Hall–Kier alpha value is -4.14. The summed E-state index contributed by atoms with van der Waals surface area (Å²) in [6.07, 6.45) is -1.60. The maximum absolute atomic E-state index is 13.5. The number of primary amides is 1. The van der Waals surface area contributed by atoms with E-state index >= 15 is 0 Å². The summed E-state index contributed by atoms with van der Waals surface area (Å²) in [5.74, 6) is -3.32. The molecule has 0 aliphatic rings. The number of esters is 1. The zero-order valence-corrected chi connectivity index (χ0v) is 20.4. The summed E-state index contributed by atoms with van der Waals surface area (Å²) in [6, 6.07) is 5.57. The molecule has 4 N–H and O–H groups in total. The molecule has 1 rings (SSSR count). The molecule has 12 heteroatoms. The summed E-state index contributed by atoms with van der Waals surface area (Å²) in [5.41, 5.74) is 5.37. The van der Waals surface area contributed by atoms with Crippen molar-refractivity contribution in [2.24, 2.45) is 5.73 Å². The van der Waals surface area contributed by atoms with Crippen LogP contribution in [-0.2, 0) is 28.7 Å². The van der Waals surface area contributed by atoms with E-state index in [1.807, 2.05) is 6.07 Å². The quantitative estimate of drug-likeness (QED) is 0.313. The lowest BCUT2D eigenvalue weighted by Gasteiger charge is -2.33. The number of alkyl carbamates (subject to hydrolysis) is 1. The number of methoxy groups -OCH3 is 1. The van der Waals surface area contributed by atoms with Crippen LogP contribution in [0.1, 0.15) is 44.4 Å². The standard InChI is InChI=1S/C23H31N5O7/c1-14-8-6-7-9-15(14)19(20(31)26-13-18(30)34-5)28(11-10-24)21(32)16(12-17(25)29)27-22(33)35-23(2,3)4/h6-9,16,19H,11-13H2,1-5H3,(H2,25,29)(H,26,31)(H,27,33). The number of benzene rings is 1. The number of nitrogens with one attached hydrogen (secondary N) is 2. The van der Waals surface area contributed by atoms with Crippen molar-refractivity contribution < 1.29 is 33.4 Å². The van der Waals surface area contributed by atoms with Crippen molar-refractivity contribution in [1.29, 1.82) is 5.26 Å². The monoisotopic (exact) mass is 489 g/mol. The third-order valence-corrected chi connectivity index (χ3v) is 4.60. The summed E-state index contributed by atoms with van der Waals surface area (Å²) in [7, 11) is 1.15. The topological polar surface area (TPSA) is 181 Å². The van der Waals surface area contributed by atoms with Crippen LogP contribution in [0.3, 0.4) is 0 Å². The molecule has 4 amide bonds. The van der Waals surface area contributed by atoms with Gasteiger partial charge in [0.15, 0.2) is 0 Å². The Balaban J connectivity index is 3.45. The van der Waals surface area contributed by atoms with Gasteiger partial charge < -0.3 is 30.7 Å². The largest absolute Gasteiger partial charge is 0.468 e. The molecule has 190 valence electrons. The average molecular weight is 490 g/mol. The van der Waals surface area contributed by atoms with Gasteiger partial charge in [0, 0.05) is 0 Å².